The van der Waals surface area contributed by atoms with E-state index in [9.17, 15) is 19.7 Å². The van der Waals surface area contributed by atoms with Gasteiger partial charge in [0.05, 0.1) is 30.6 Å². The van der Waals surface area contributed by atoms with Crippen molar-refractivity contribution in [3.8, 4) is 0 Å². The Kier molecular flexibility index (Phi) is 6.25. The molecule has 10 heteroatoms. The largest absolute Gasteiger partial charge is 0.354 e. The van der Waals surface area contributed by atoms with Crippen LogP contribution >= 0.6 is 0 Å². The minimum absolute atomic E-state index is 0.0184. The van der Waals surface area contributed by atoms with E-state index in [1.807, 2.05) is 31.2 Å². The first kappa shape index (κ1) is 21.9. The second kappa shape index (κ2) is 9.43. The molecule has 4 rings (SSSR count). The Morgan fingerprint density at radius 3 is 2.48 bits per heavy atom. The molecule has 0 aliphatic rings. The molecule has 4 aromatic rings. The molecule has 0 fully saturated rings. The van der Waals surface area contributed by atoms with E-state index < -0.39 is 4.92 Å². The molecule has 0 spiro atoms. The zero-order valence-electron chi connectivity index (χ0n) is 18.0. The average molecular weight is 446 g/mol. The summed E-state index contributed by atoms with van der Waals surface area (Å²) in [5.74, 6) is -0.214. The van der Waals surface area contributed by atoms with Crippen LogP contribution in [0, 0.1) is 17.0 Å². The Bertz CT molecular complexity index is 1360. The van der Waals surface area contributed by atoms with Gasteiger partial charge in [-0.2, -0.15) is 5.10 Å². The highest BCUT2D eigenvalue weighted by atomic mass is 16.6. The van der Waals surface area contributed by atoms with Gasteiger partial charge < -0.3 is 5.32 Å². The smallest absolute Gasteiger partial charge is 0.269 e. The van der Waals surface area contributed by atoms with Gasteiger partial charge in [0, 0.05) is 18.7 Å². The molecule has 0 saturated heterocycles. The quantitative estimate of drug-likeness (QED) is 0.327. The van der Waals surface area contributed by atoms with Crippen LogP contribution in [-0.2, 0) is 24.3 Å². The lowest BCUT2D eigenvalue weighted by Gasteiger charge is -2.08. The Balaban J connectivity index is 1.36. The first-order chi connectivity index (χ1) is 15.9. The van der Waals surface area contributed by atoms with Crippen molar-refractivity contribution < 1.29 is 9.72 Å². The maximum Gasteiger partial charge on any atom is 0.269 e. The minimum atomic E-state index is -0.483. The molecule has 10 nitrogen and oxygen atoms in total. The van der Waals surface area contributed by atoms with Crippen molar-refractivity contribution in [1.29, 1.82) is 0 Å². The fourth-order valence-corrected chi connectivity index (χ4v) is 3.45. The van der Waals surface area contributed by atoms with Crippen LogP contribution in [0.25, 0.3) is 11.0 Å². The van der Waals surface area contributed by atoms with E-state index in [1.54, 1.807) is 21.4 Å². The van der Waals surface area contributed by atoms with Crippen LogP contribution in [0.15, 0.2) is 65.8 Å². The van der Waals surface area contributed by atoms with E-state index in [0.29, 0.717) is 36.2 Å². The van der Waals surface area contributed by atoms with Crippen LogP contribution in [0.1, 0.15) is 16.7 Å². The molecule has 2 aromatic carbocycles. The molecule has 33 heavy (non-hydrogen) atoms. The number of rotatable bonds is 8. The standard InChI is InChI=1S/C23H22N6O4/c1-16-2-4-18(5-3-16)14-27-15-25-22-20(23(27)31)13-26-28(22)11-10-24-21(30)12-17-6-8-19(9-7-17)29(32)33/h2-9,13,15H,10-12,14H2,1H3,(H,24,30). The third kappa shape index (κ3) is 5.12. The van der Waals surface area contributed by atoms with E-state index in [2.05, 4.69) is 15.4 Å². The number of non-ortho nitro benzene ring substituents is 1. The molecule has 0 radical (unpaired) electrons. The van der Waals surface area contributed by atoms with Crippen molar-refractivity contribution >= 4 is 22.6 Å². The van der Waals surface area contributed by atoms with Crippen LogP contribution in [0.5, 0.6) is 0 Å². The van der Waals surface area contributed by atoms with E-state index in [4.69, 9.17) is 0 Å². The molecule has 2 aromatic heterocycles. The fraction of sp³-hybridized carbons (Fsp3) is 0.217. The zero-order chi connectivity index (χ0) is 23.4. The maximum atomic E-state index is 12.8. The number of aromatic nitrogens is 4. The summed E-state index contributed by atoms with van der Waals surface area (Å²) in [6.45, 7) is 3.09. The summed E-state index contributed by atoms with van der Waals surface area (Å²) in [5, 5.41) is 18.2. The SMILES string of the molecule is Cc1ccc(Cn2cnc3c(cnn3CCNC(=O)Cc3ccc([N+](=O)[O-])cc3)c2=O)cc1. The van der Waals surface area contributed by atoms with Gasteiger partial charge in [0.25, 0.3) is 11.2 Å². The van der Waals surface area contributed by atoms with E-state index in [0.717, 1.165) is 11.1 Å². The number of carbonyl (C=O) groups is 1. The second-order valence-electron chi connectivity index (χ2n) is 7.72. The van der Waals surface area contributed by atoms with Gasteiger partial charge in [-0.05, 0) is 18.1 Å². The molecule has 1 N–H and O–H groups in total. The predicted octanol–water partition coefficient (Wildman–Crippen LogP) is 2.22. The number of nitro groups is 1. The van der Waals surface area contributed by atoms with Crippen molar-refractivity contribution in [2.75, 3.05) is 6.54 Å². The third-order valence-corrected chi connectivity index (χ3v) is 5.25. The van der Waals surface area contributed by atoms with Gasteiger partial charge in [0.2, 0.25) is 5.91 Å². The molecule has 0 atom stereocenters. The van der Waals surface area contributed by atoms with E-state index >= 15 is 0 Å². The number of benzene rings is 2. The fourth-order valence-electron chi connectivity index (χ4n) is 3.45. The number of hydrogen-bond acceptors (Lipinski definition) is 6. The highest BCUT2D eigenvalue weighted by molar-refractivity contribution is 5.78. The molecule has 1 amide bonds. The van der Waals surface area contributed by atoms with Gasteiger partial charge in [-0.3, -0.25) is 24.3 Å². The van der Waals surface area contributed by atoms with Crippen LogP contribution in [0.4, 0.5) is 5.69 Å². The lowest BCUT2D eigenvalue weighted by atomic mass is 10.1. The number of nitrogens with zero attached hydrogens (tertiary/aromatic N) is 5. The van der Waals surface area contributed by atoms with Crippen LogP contribution < -0.4 is 10.9 Å². The summed E-state index contributed by atoms with van der Waals surface area (Å²) >= 11 is 0. The van der Waals surface area contributed by atoms with Crippen molar-refractivity contribution in [2.45, 2.75) is 26.4 Å². The van der Waals surface area contributed by atoms with E-state index in [-0.39, 0.29) is 23.6 Å². The summed E-state index contributed by atoms with van der Waals surface area (Å²) in [4.78, 5) is 39.6. The second-order valence-corrected chi connectivity index (χ2v) is 7.72. The summed E-state index contributed by atoms with van der Waals surface area (Å²) in [6.07, 6.45) is 3.12. The number of nitro benzene ring substituents is 1. The van der Waals surface area contributed by atoms with Gasteiger partial charge >= 0.3 is 0 Å². The molecule has 0 aliphatic carbocycles. The molecular weight excluding hydrogens is 424 g/mol. The Labute approximate surface area is 188 Å². The van der Waals surface area contributed by atoms with Crippen LogP contribution in [0.2, 0.25) is 0 Å². The molecule has 0 unspecified atom stereocenters. The molecule has 0 saturated carbocycles. The minimum Gasteiger partial charge on any atom is -0.354 e. The lowest BCUT2D eigenvalue weighted by Crippen LogP contribution is -2.29. The Morgan fingerprint density at radius 2 is 1.79 bits per heavy atom. The summed E-state index contributed by atoms with van der Waals surface area (Å²) in [6, 6.07) is 13.8. The van der Waals surface area contributed by atoms with Gasteiger partial charge in [-0.1, -0.05) is 42.0 Å². The van der Waals surface area contributed by atoms with Gasteiger partial charge in [0.15, 0.2) is 5.65 Å². The Morgan fingerprint density at radius 1 is 1.09 bits per heavy atom. The topological polar surface area (TPSA) is 125 Å². The summed E-state index contributed by atoms with van der Waals surface area (Å²) < 4.78 is 3.13. The van der Waals surface area contributed by atoms with Crippen molar-refractivity contribution in [1.82, 2.24) is 24.6 Å². The Hall–Kier alpha value is -4.34. The molecule has 168 valence electrons. The first-order valence-electron chi connectivity index (χ1n) is 10.4. The normalized spacial score (nSPS) is 10.9. The summed E-state index contributed by atoms with van der Waals surface area (Å²) in [7, 11) is 0. The molecule has 2 heterocycles. The monoisotopic (exact) mass is 446 g/mol. The van der Waals surface area contributed by atoms with Crippen molar-refractivity contribution in [3.63, 3.8) is 0 Å². The number of amides is 1. The van der Waals surface area contributed by atoms with Crippen LogP contribution in [0.3, 0.4) is 0 Å². The number of nitrogens with one attached hydrogen (secondary N) is 1. The number of aryl methyl sites for hydroxylation is 1. The van der Waals surface area contributed by atoms with Crippen LogP contribution in [-0.4, -0.2) is 36.7 Å². The lowest BCUT2D eigenvalue weighted by molar-refractivity contribution is -0.384. The van der Waals surface area contributed by atoms with E-state index in [1.165, 1.54) is 24.7 Å². The predicted molar refractivity (Wildman–Crippen MR) is 122 cm³/mol. The summed E-state index contributed by atoms with van der Waals surface area (Å²) in [5.41, 5.74) is 3.11. The highest BCUT2D eigenvalue weighted by Gasteiger charge is 2.11. The zero-order valence-corrected chi connectivity index (χ0v) is 18.0. The van der Waals surface area contributed by atoms with Gasteiger partial charge in [0.1, 0.15) is 11.7 Å². The number of carbonyl (C=O) groups excluding carboxylic acids is 1. The van der Waals surface area contributed by atoms with Crippen molar-refractivity contribution in [2.24, 2.45) is 0 Å². The highest BCUT2D eigenvalue weighted by Crippen LogP contribution is 2.12. The molecule has 0 bridgehead atoms. The van der Waals surface area contributed by atoms with Crippen molar-refractivity contribution in [3.05, 3.63) is 98.2 Å². The molecule has 0 aliphatic heterocycles. The van der Waals surface area contributed by atoms with Gasteiger partial charge in [-0.15, -0.1) is 0 Å². The maximum absolute atomic E-state index is 12.8. The molecular formula is C23H22N6O4. The van der Waals surface area contributed by atoms with Gasteiger partial charge in [-0.25, -0.2) is 9.67 Å². The number of fused-ring (bicyclic) bond motifs is 1. The average Bonchev–Trinajstić information content (AvgIpc) is 3.21. The first-order valence-corrected chi connectivity index (χ1v) is 10.4. The third-order valence-electron chi connectivity index (χ3n) is 5.25. The number of hydrogen-bond donors (Lipinski definition) is 1.